The molecule has 4 unspecified atom stereocenters. The van der Waals surface area contributed by atoms with Gasteiger partial charge in [-0.1, -0.05) is 85.2 Å². The lowest BCUT2D eigenvalue weighted by molar-refractivity contribution is -0.193. The van der Waals surface area contributed by atoms with E-state index in [1.165, 1.54) is 0 Å². The first-order valence-electron chi connectivity index (χ1n) is 11.9. The Hall–Kier alpha value is -2.90. The third-order valence-corrected chi connectivity index (χ3v) is 6.21. The van der Waals surface area contributed by atoms with Gasteiger partial charge in [0.1, 0.15) is 24.6 Å². The number of ether oxygens (including phenoxy) is 2. The predicted molar refractivity (Wildman–Crippen MR) is 127 cm³/mol. The molecule has 1 saturated heterocycles. The molecule has 5 atom stereocenters. The lowest BCUT2D eigenvalue weighted by Crippen LogP contribution is -2.63. The van der Waals surface area contributed by atoms with Gasteiger partial charge in [-0.15, -0.1) is 0 Å². The average Bonchev–Trinajstić information content (AvgIpc) is 2.76. The molecule has 0 aromatic heterocycles. The van der Waals surface area contributed by atoms with E-state index in [4.69, 9.17) is 9.47 Å². The number of benzene rings is 1. The molecule has 1 heterocycles. The Morgan fingerprint density at radius 3 is 2.18 bits per heavy atom. The van der Waals surface area contributed by atoms with Crippen LogP contribution in [0.2, 0.25) is 0 Å². The molecule has 1 fully saturated rings. The van der Waals surface area contributed by atoms with Crippen molar-refractivity contribution in [3.05, 3.63) is 35.9 Å². The number of amides is 2. The van der Waals surface area contributed by atoms with Gasteiger partial charge in [-0.05, 0) is 22.8 Å². The van der Waals surface area contributed by atoms with E-state index in [1.54, 1.807) is 0 Å². The van der Waals surface area contributed by atoms with Crippen LogP contribution in [0.15, 0.2) is 30.3 Å². The van der Waals surface area contributed by atoms with Crippen LogP contribution in [0, 0.1) is 23.2 Å². The summed E-state index contributed by atoms with van der Waals surface area (Å²) in [6.07, 6.45) is -0.190. The zero-order chi connectivity index (χ0) is 25.6. The van der Waals surface area contributed by atoms with Crippen molar-refractivity contribution in [2.45, 2.75) is 79.7 Å². The van der Waals surface area contributed by atoms with Gasteiger partial charge in [0.05, 0.1) is 0 Å². The number of carbonyl (C=O) groups excluding carboxylic acids is 4. The zero-order valence-corrected chi connectivity index (χ0v) is 21.2. The lowest BCUT2D eigenvalue weighted by Gasteiger charge is -2.39. The molecule has 188 valence electrons. The van der Waals surface area contributed by atoms with Crippen LogP contribution < -0.4 is 10.6 Å². The van der Waals surface area contributed by atoms with Crippen LogP contribution in [0.3, 0.4) is 0 Å². The van der Waals surface area contributed by atoms with Crippen molar-refractivity contribution in [1.82, 2.24) is 10.6 Å². The third kappa shape index (κ3) is 6.81. The van der Waals surface area contributed by atoms with Crippen molar-refractivity contribution in [1.29, 1.82) is 0 Å². The normalized spacial score (nSPS) is 20.4. The molecule has 0 bridgehead atoms. The van der Waals surface area contributed by atoms with Gasteiger partial charge in [-0.2, -0.15) is 0 Å². The van der Waals surface area contributed by atoms with Crippen molar-refractivity contribution in [2.75, 3.05) is 0 Å². The molecule has 1 aliphatic heterocycles. The molecule has 8 nitrogen and oxygen atoms in total. The summed E-state index contributed by atoms with van der Waals surface area (Å²) < 4.78 is 10.5. The maximum atomic E-state index is 13.2. The maximum Gasteiger partial charge on any atom is 0.329 e. The molecule has 1 aliphatic rings. The van der Waals surface area contributed by atoms with Crippen LogP contribution in [-0.2, 0) is 35.3 Å². The van der Waals surface area contributed by atoms with Crippen LogP contribution in [0.4, 0.5) is 0 Å². The predicted octanol–water partition coefficient (Wildman–Crippen LogP) is 2.99. The average molecular weight is 475 g/mol. The molecular formula is C26H38N2O6. The van der Waals surface area contributed by atoms with Crippen LogP contribution in [0.5, 0.6) is 0 Å². The minimum atomic E-state index is -0.944. The number of hydrogen-bond donors (Lipinski definition) is 2. The first kappa shape index (κ1) is 27.3. The quantitative estimate of drug-likeness (QED) is 0.505. The number of esters is 2. The van der Waals surface area contributed by atoms with E-state index in [-0.39, 0.29) is 18.4 Å². The standard InChI is InChI=1S/C26H38N2O6/c1-8-16(4)18-20(34-24(18)31)22(29)28-21(26(5,6)7)23(30)27-19(15(2)3)25(32)33-14-17-12-10-9-11-13-17/h9-13,15-16,18-21H,8,14H2,1-7H3,(H,27,30)(H,28,29)/t16-,18?,19?,20?,21?/m0/s1. The summed E-state index contributed by atoms with van der Waals surface area (Å²) in [5, 5.41) is 5.51. The second-order valence-electron chi connectivity index (χ2n) is 10.4. The van der Waals surface area contributed by atoms with E-state index in [2.05, 4.69) is 10.6 Å². The number of hydrogen-bond acceptors (Lipinski definition) is 6. The fourth-order valence-corrected chi connectivity index (χ4v) is 3.78. The monoisotopic (exact) mass is 474 g/mol. The summed E-state index contributed by atoms with van der Waals surface area (Å²) in [7, 11) is 0. The molecule has 2 N–H and O–H groups in total. The summed E-state index contributed by atoms with van der Waals surface area (Å²) in [4.78, 5) is 50.8. The number of carbonyl (C=O) groups is 4. The summed E-state index contributed by atoms with van der Waals surface area (Å²) in [5.41, 5.74) is 0.185. The second kappa shape index (κ2) is 11.5. The van der Waals surface area contributed by atoms with Crippen molar-refractivity contribution >= 4 is 23.8 Å². The fraction of sp³-hybridized carbons (Fsp3) is 0.615. The molecule has 0 saturated carbocycles. The molecule has 0 spiro atoms. The van der Waals surface area contributed by atoms with Crippen molar-refractivity contribution < 1.29 is 28.7 Å². The van der Waals surface area contributed by atoms with Gasteiger partial charge in [0.2, 0.25) is 5.91 Å². The largest absolute Gasteiger partial charge is 0.459 e. The van der Waals surface area contributed by atoms with Crippen LogP contribution in [-0.4, -0.2) is 41.9 Å². The summed E-state index contributed by atoms with van der Waals surface area (Å²) in [6.45, 7) is 13.0. The molecule has 34 heavy (non-hydrogen) atoms. The van der Waals surface area contributed by atoms with Gasteiger partial charge >= 0.3 is 11.9 Å². The van der Waals surface area contributed by atoms with Crippen LogP contribution in [0.1, 0.15) is 60.5 Å². The molecule has 2 amide bonds. The van der Waals surface area contributed by atoms with Gasteiger partial charge in [0.25, 0.3) is 5.91 Å². The number of nitrogens with one attached hydrogen (secondary N) is 2. The van der Waals surface area contributed by atoms with Gasteiger partial charge in [0, 0.05) is 0 Å². The Morgan fingerprint density at radius 1 is 1.06 bits per heavy atom. The van der Waals surface area contributed by atoms with Crippen molar-refractivity contribution in [3.63, 3.8) is 0 Å². The molecule has 2 rings (SSSR count). The minimum absolute atomic E-state index is 0.0105. The molecular weight excluding hydrogens is 436 g/mol. The fourth-order valence-electron chi connectivity index (χ4n) is 3.78. The topological polar surface area (TPSA) is 111 Å². The Labute approximate surface area is 202 Å². The first-order chi connectivity index (χ1) is 15.9. The lowest BCUT2D eigenvalue weighted by atomic mass is 9.81. The molecule has 8 heteroatoms. The highest BCUT2D eigenvalue weighted by atomic mass is 16.6. The summed E-state index contributed by atoms with van der Waals surface area (Å²) in [6, 6.07) is 7.45. The molecule has 0 aliphatic carbocycles. The summed E-state index contributed by atoms with van der Waals surface area (Å²) >= 11 is 0. The molecule has 1 aromatic carbocycles. The van der Waals surface area contributed by atoms with Gasteiger partial charge in [-0.3, -0.25) is 14.4 Å². The number of cyclic esters (lactones) is 1. The Balaban J connectivity index is 2.08. The Kier molecular flexibility index (Phi) is 9.24. The Morgan fingerprint density at radius 2 is 1.68 bits per heavy atom. The molecule has 1 aromatic rings. The van der Waals surface area contributed by atoms with E-state index >= 15 is 0 Å². The van der Waals surface area contributed by atoms with Crippen molar-refractivity contribution in [3.8, 4) is 0 Å². The highest BCUT2D eigenvalue weighted by molar-refractivity contribution is 5.97. The van der Waals surface area contributed by atoms with Gasteiger partial charge in [0.15, 0.2) is 6.10 Å². The van der Waals surface area contributed by atoms with Crippen molar-refractivity contribution in [2.24, 2.45) is 23.2 Å². The smallest absolute Gasteiger partial charge is 0.329 e. The minimum Gasteiger partial charge on any atom is -0.459 e. The van der Waals surface area contributed by atoms with Gasteiger partial charge in [-0.25, -0.2) is 4.79 Å². The molecule has 0 radical (unpaired) electrons. The first-order valence-corrected chi connectivity index (χ1v) is 11.9. The number of rotatable bonds is 10. The van der Waals surface area contributed by atoms with E-state index in [1.807, 2.05) is 78.8 Å². The van der Waals surface area contributed by atoms with Crippen LogP contribution in [0.25, 0.3) is 0 Å². The highest BCUT2D eigenvalue weighted by Gasteiger charge is 2.50. The third-order valence-electron chi connectivity index (χ3n) is 6.21. The van der Waals surface area contributed by atoms with E-state index in [0.717, 1.165) is 12.0 Å². The zero-order valence-electron chi connectivity index (χ0n) is 21.2. The summed E-state index contributed by atoms with van der Waals surface area (Å²) in [5.74, 6) is -2.71. The Bertz CT molecular complexity index is 877. The second-order valence-corrected chi connectivity index (χ2v) is 10.4. The maximum absolute atomic E-state index is 13.2. The van der Waals surface area contributed by atoms with E-state index in [9.17, 15) is 19.2 Å². The SMILES string of the molecule is CC[C@H](C)C1C(=O)OC1C(=O)NC(C(=O)NC(C(=O)OCc1ccccc1)C(C)C)C(C)(C)C. The van der Waals surface area contributed by atoms with Crippen LogP contribution >= 0.6 is 0 Å². The van der Waals surface area contributed by atoms with E-state index in [0.29, 0.717) is 0 Å². The highest BCUT2D eigenvalue weighted by Crippen LogP contribution is 2.32. The van der Waals surface area contributed by atoms with Gasteiger partial charge < -0.3 is 20.1 Å². The van der Waals surface area contributed by atoms with E-state index < -0.39 is 53.3 Å².